The van der Waals surface area contributed by atoms with E-state index in [1.165, 1.54) is 13.2 Å². The average Bonchev–Trinajstić information content (AvgIpc) is 2.39. The van der Waals surface area contributed by atoms with Crippen molar-refractivity contribution in [2.24, 2.45) is 0 Å². The highest BCUT2D eigenvalue weighted by Gasteiger charge is 2.06. The lowest BCUT2D eigenvalue weighted by Crippen LogP contribution is -2.02. The Morgan fingerprint density at radius 1 is 1.37 bits per heavy atom. The normalized spacial score (nSPS) is 10.0. The topological polar surface area (TPSA) is 71.5 Å². The molecule has 1 aromatic heterocycles. The summed E-state index contributed by atoms with van der Waals surface area (Å²) in [7, 11) is 1.53. The van der Waals surface area contributed by atoms with Crippen molar-refractivity contribution in [3.8, 4) is 5.75 Å². The van der Waals surface area contributed by atoms with Gasteiger partial charge in [-0.2, -0.15) is 0 Å². The number of halogens is 1. The first-order valence-corrected chi connectivity index (χ1v) is 5.79. The smallest absolute Gasteiger partial charge is 0.354 e. The molecule has 0 fully saturated rings. The fourth-order valence-corrected chi connectivity index (χ4v) is 1.77. The van der Waals surface area contributed by atoms with Crippen LogP contribution >= 0.6 is 11.6 Å². The van der Waals surface area contributed by atoms with Gasteiger partial charge >= 0.3 is 5.97 Å². The lowest BCUT2D eigenvalue weighted by molar-refractivity contribution is 0.0690. The van der Waals surface area contributed by atoms with E-state index >= 15 is 0 Å². The summed E-state index contributed by atoms with van der Waals surface area (Å²) in [5.74, 6) is -0.0722. The molecule has 1 heterocycles. The monoisotopic (exact) mass is 278 g/mol. The van der Waals surface area contributed by atoms with Crippen molar-refractivity contribution >= 4 is 29.1 Å². The Labute approximate surface area is 114 Å². The molecule has 98 valence electrons. The van der Waals surface area contributed by atoms with Gasteiger partial charge in [0.05, 0.1) is 12.1 Å². The van der Waals surface area contributed by atoms with Crippen molar-refractivity contribution < 1.29 is 14.6 Å². The highest BCUT2D eigenvalue weighted by molar-refractivity contribution is 6.32. The largest absolute Gasteiger partial charge is 0.495 e. The molecule has 19 heavy (non-hydrogen) atoms. The van der Waals surface area contributed by atoms with E-state index in [1.807, 2.05) is 0 Å². The van der Waals surface area contributed by atoms with E-state index in [4.69, 9.17) is 21.4 Å². The van der Waals surface area contributed by atoms with Gasteiger partial charge in [0.1, 0.15) is 11.6 Å². The van der Waals surface area contributed by atoms with Crippen molar-refractivity contribution in [1.29, 1.82) is 0 Å². The minimum Gasteiger partial charge on any atom is -0.495 e. The third-order valence-corrected chi connectivity index (χ3v) is 2.69. The first-order valence-electron chi connectivity index (χ1n) is 5.41. The zero-order valence-corrected chi connectivity index (χ0v) is 10.8. The molecule has 0 atom stereocenters. The fraction of sp³-hybridized carbons (Fsp3) is 0.0769. The predicted octanol–water partition coefficient (Wildman–Crippen LogP) is 3.19. The maximum Gasteiger partial charge on any atom is 0.354 e. The van der Waals surface area contributed by atoms with Crippen LogP contribution in [0.1, 0.15) is 10.5 Å². The predicted molar refractivity (Wildman–Crippen MR) is 72.5 cm³/mol. The molecular weight excluding hydrogens is 268 g/mol. The Bertz CT molecular complexity index is 617. The van der Waals surface area contributed by atoms with E-state index in [0.29, 0.717) is 22.3 Å². The van der Waals surface area contributed by atoms with Gasteiger partial charge in [0.25, 0.3) is 0 Å². The van der Waals surface area contributed by atoms with Crippen LogP contribution in [-0.4, -0.2) is 23.2 Å². The first kappa shape index (κ1) is 13.2. The van der Waals surface area contributed by atoms with Gasteiger partial charge in [-0.25, -0.2) is 9.78 Å². The number of anilines is 2. The maximum atomic E-state index is 10.8. The number of pyridine rings is 1. The van der Waals surface area contributed by atoms with Crippen molar-refractivity contribution in [3.63, 3.8) is 0 Å². The van der Waals surface area contributed by atoms with Crippen LogP contribution in [0.25, 0.3) is 0 Å². The van der Waals surface area contributed by atoms with E-state index in [2.05, 4.69) is 10.3 Å². The molecule has 0 spiro atoms. The molecule has 2 N–H and O–H groups in total. The zero-order valence-electron chi connectivity index (χ0n) is 10.1. The van der Waals surface area contributed by atoms with Crippen LogP contribution in [0, 0.1) is 0 Å². The lowest BCUT2D eigenvalue weighted by atomic mass is 10.3. The van der Waals surface area contributed by atoms with Crippen LogP contribution in [-0.2, 0) is 0 Å². The van der Waals surface area contributed by atoms with E-state index in [-0.39, 0.29) is 5.69 Å². The zero-order chi connectivity index (χ0) is 13.8. The van der Waals surface area contributed by atoms with Crippen molar-refractivity contribution in [3.05, 3.63) is 47.1 Å². The number of hydrogen-bond acceptors (Lipinski definition) is 4. The number of carboxylic acid groups (broad SMARTS) is 1. The number of rotatable bonds is 4. The number of benzene rings is 1. The lowest BCUT2D eigenvalue weighted by Gasteiger charge is -2.08. The Balaban J connectivity index is 2.23. The first-order chi connectivity index (χ1) is 9.10. The number of aromatic carboxylic acids is 1. The highest BCUT2D eigenvalue weighted by atomic mass is 35.5. The molecule has 0 unspecified atom stereocenters. The third kappa shape index (κ3) is 3.14. The van der Waals surface area contributed by atoms with Gasteiger partial charge in [0.2, 0.25) is 0 Å². The number of ether oxygens (including phenoxy) is 1. The van der Waals surface area contributed by atoms with Crippen molar-refractivity contribution in [2.45, 2.75) is 0 Å². The summed E-state index contributed by atoms with van der Waals surface area (Å²) in [5.41, 5.74) is 0.672. The third-order valence-electron chi connectivity index (χ3n) is 2.39. The standard InChI is InChI=1S/C13H11ClN2O3/c1-19-11-6-5-8(7-9(11)14)15-12-4-2-3-10(16-12)13(17)18/h2-7H,1H3,(H,15,16)(H,17,18). The number of nitrogens with one attached hydrogen (secondary N) is 1. The van der Waals surface area contributed by atoms with Gasteiger partial charge < -0.3 is 15.2 Å². The summed E-state index contributed by atoms with van der Waals surface area (Å²) in [6, 6.07) is 9.87. The number of nitrogens with zero attached hydrogens (tertiary/aromatic N) is 1. The molecule has 0 aliphatic heterocycles. The fourth-order valence-electron chi connectivity index (χ4n) is 1.52. The van der Waals surface area contributed by atoms with Gasteiger partial charge in [-0.3, -0.25) is 0 Å². The molecular formula is C13H11ClN2O3. The molecule has 0 aliphatic rings. The highest BCUT2D eigenvalue weighted by Crippen LogP contribution is 2.28. The van der Waals surface area contributed by atoms with Gasteiger partial charge in [-0.1, -0.05) is 17.7 Å². The van der Waals surface area contributed by atoms with Crippen molar-refractivity contribution in [2.75, 3.05) is 12.4 Å². The number of carbonyl (C=O) groups is 1. The quantitative estimate of drug-likeness (QED) is 0.899. The van der Waals surface area contributed by atoms with E-state index in [0.717, 1.165) is 0 Å². The van der Waals surface area contributed by atoms with E-state index in [9.17, 15) is 4.79 Å². The molecule has 0 saturated carbocycles. The summed E-state index contributed by atoms with van der Waals surface area (Å²) >= 11 is 6.00. The van der Waals surface area contributed by atoms with Crippen LogP contribution in [0.2, 0.25) is 5.02 Å². The SMILES string of the molecule is COc1ccc(Nc2cccc(C(=O)O)n2)cc1Cl. The van der Waals surface area contributed by atoms with Crippen LogP contribution < -0.4 is 10.1 Å². The van der Waals surface area contributed by atoms with Crippen molar-refractivity contribution in [1.82, 2.24) is 4.98 Å². The molecule has 0 bridgehead atoms. The second-order valence-corrected chi connectivity index (χ2v) is 4.09. The second-order valence-electron chi connectivity index (χ2n) is 3.69. The Morgan fingerprint density at radius 3 is 2.79 bits per heavy atom. The van der Waals surface area contributed by atoms with E-state index in [1.54, 1.807) is 30.3 Å². The number of methoxy groups -OCH3 is 1. The van der Waals surface area contributed by atoms with Crippen LogP contribution in [0.5, 0.6) is 5.75 Å². The molecule has 0 amide bonds. The van der Waals surface area contributed by atoms with Crippen LogP contribution in [0.4, 0.5) is 11.5 Å². The maximum absolute atomic E-state index is 10.8. The van der Waals surface area contributed by atoms with Gasteiger partial charge in [-0.15, -0.1) is 0 Å². The summed E-state index contributed by atoms with van der Waals surface area (Å²) < 4.78 is 5.05. The van der Waals surface area contributed by atoms with Crippen LogP contribution in [0.15, 0.2) is 36.4 Å². The number of aromatic nitrogens is 1. The molecule has 0 aliphatic carbocycles. The van der Waals surface area contributed by atoms with Gasteiger partial charge in [0.15, 0.2) is 5.69 Å². The second kappa shape index (κ2) is 5.58. The van der Waals surface area contributed by atoms with Gasteiger partial charge in [0, 0.05) is 5.69 Å². The number of carboxylic acids is 1. The molecule has 0 radical (unpaired) electrons. The minimum absolute atomic E-state index is 0.0235. The summed E-state index contributed by atoms with van der Waals surface area (Å²) in [6.45, 7) is 0. The van der Waals surface area contributed by atoms with Crippen LogP contribution in [0.3, 0.4) is 0 Å². The van der Waals surface area contributed by atoms with E-state index < -0.39 is 5.97 Å². The average molecular weight is 279 g/mol. The summed E-state index contributed by atoms with van der Waals surface area (Å²) in [4.78, 5) is 14.8. The minimum atomic E-state index is -1.07. The Morgan fingerprint density at radius 2 is 2.16 bits per heavy atom. The molecule has 6 heteroatoms. The Kier molecular flexibility index (Phi) is 3.87. The molecule has 5 nitrogen and oxygen atoms in total. The molecule has 0 saturated heterocycles. The number of hydrogen-bond donors (Lipinski definition) is 2. The molecule has 2 rings (SSSR count). The Hall–Kier alpha value is -2.27. The molecule has 1 aromatic carbocycles. The summed E-state index contributed by atoms with van der Waals surface area (Å²) in [5, 5.41) is 12.3. The molecule has 2 aromatic rings. The summed E-state index contributed by atoms with van der Waals surface area (Å²) in [6.07, 6.45) is 0. The van der Waals surface area contributed by atoms with Gasteiger partial charge in [-0.05, 0) is 30.3 Å².